The van der Waals surface area contributed by atoms with Gasteiger partial charge in [-0.3, -0.25) is 0 Å². The minimum atomic E-state index is -4.30. The summed E-state index contributed by atoms with van der Waals surface area (Å²) in [6.07, 6.45) is -2.91. The maximum absolute atomic E-state index is 12.9. The molecular weight excluding hydrogens is 268 g/mol. The van der Waals surface area contributed by atoms with E-state index in [4.69, 9.17) is 0 Å². The lowest BCUT2D eigenvalue weighted by atomic mass is 9.92. The molecule has 0 fully saturated rings. The van der Waals surface area contributed by atoms with Gasteiger partial charge in [-0.05, 0) is 53.8 Å². The monoisotopic (exact) mass is 280 g/mol. The summed E-state index contributed by atoms with van der Waals surface area (Å²) in [5.41, 5.74) is 2.01. The van der Waals surface area contributed by atoms with Crippen LogP contribution in [0.25, 0.3) is 0 Å². The van der Waals surface area contributed by atoms with Crippen molar-refractivity contribution in [3.05, 3.63) is 70.5 Å². The van der Waals surface area contributed by atoms with Crippen molar-refractivity contribution in [2.45, 2.75) is 24.9 Å². The summed E-state index contributed by atoms with van der Waals surface area (Å²) in [7, 11) is 0. The normalized spacial score (nSPS) is 18.1. The lowest BCUT2D eigenvalue weighted by Gasteiger charge is -2.13. The topological polar surface area (TPSA) is 0 Å². The third kappa shape index (κ3) is 2.30. The van der Waals surface area contributed by atoms with Crippen LogP contribution in [0, 0.1) is 5.82 Å². The van der Waals surface area contributed by atoms with E-state index in [1.54, 1.807) is 18.2 Å². The highest BCUT2D eigenvalue weighted by Crippen LogP contribution is 2.40. The van der Waals surface area contributed by atoms with Gasteiger partial charge in [0.2, 0.25) is 0 Å². The molecule has 0 saturated carbocycles. The summed E-state index contributed by atoms with van der Waals surface area (Å²) in [4.78, 5) is 0. The highest BCUT2D eigenvalue weighted by Gasteiger charge is 2.33. The molecular formula is C16H12F4. The predicted molar refractivity (Wildman–Crippen MR) is 68.0 cm³/mol. The fraction of sp³-hybridized carbons (Fsp3) is 0.250. The van der Waals surface area contributed by atoms with Crippen molar-refractivity contribution in [3.8, 4) is 0 Å². The first kappa shape index (κ1) is 13.2. The van der Waals surface area contributed by atoms with Gasteiger partial charge in [-0.25, -0.2) is 4.39 Å². The Labute approximate surface area is 114 Å². The van der Waals surface area contributed by atoms with Gasteiger partial charge < -0.3 is 0 Å². The summed E-state index contributed by atoms with van der Waals surface area (Å²) in [5, 5.41) is 0. The second kappa shape index (κ2) is 4.62. The van der Waals surface area contributed by atoms with E-state index in [9.17, 15) is 17.6 Å². The highest BCUT2D eigenvalue weighted by atomic mass is 19.4. The van der Waals surface area contributed by atoms with Gasteiger partial charge in [0.15, 0.2) is 0 Å². The fourth-order valence-electron chi connectivity index (χ4n) is 2.84. The molecule has 0 bridgehead atoms. The van der Waals surface area contributed by atoms with E-state index in [-0.39, 0.29) is 11.7 Å². The number of hydrogen-bond acceptors (Lipinski definition) is 0. The first-order valence-corrected chi connectivity index (χ1v) is 6.40. The van der Waals surface area contributed by atoms with Crippen molar-refractivity contribution in [1.29, 1.82) is 0 Å². The van der Waals surface area contributed by atoms with Crippen molar-refractivity contribution < 1.29 is 17.6 Å². The average Bonchev–Trinajstić information content (AvgIpc) is 2.81. The van der Waals surface area contributed by atoms with Gasteiger partial charge in [0.25, 0.3) is 0 Å². The standard InChI is InChI=1S/C16H12F4/c17-13-5-1-10(2-6-13)14-7-3-11-9-12(16(18,19)20)4-8-15(11)14/h1-2,4-6,8-9,14H,3,7H2/t14-/m0/s1. The summed E-state index contributed by atoms with van der Waals surface area (Å²) >= 11 is 0. The number of alkyl halides is 3. The molecule has 0 aliphatic heterocycles. The predicted octanol–water partition coefficient (Wildman–Crippen LogP) is 4.92. The van der Waals surface area contributed by atoms with Crippen molar-refractivity contribution in [3.63, 3.8) is 0 Å². The number of aryl methyl sites for hydroxylation is 1. The van der Waals surface area contributed by atoms with Crippen LogP contribution in [0.15, 0.2) is 42.5 Å². The molecule has 1 aliphatic rings. The molecule has 0 aromatic heterocycles. The summed E-state index contributed by atoms with van der Waals surface area (Å²) in [6, 6.07) is 10.1. The number of halogens is 4. The average molecular weight is 280 g/mol. The lowest BCUT2D eigenvalue weighted by Crippen LogP contribution is -2.06. The second-order valence-corrected chi connectivity index (χ2v) is 5.05. The summed E-state index contributed by atoms with van der Waals surface area (Å²) in [6.45, 7) is 0. The van der Waals surface area contributed by atoms with Gasteiger partial charge in [0.05, 0.1) is 5.56 Å². The fourth-order valence-corrected chi connectivity index (χ4v) is 2.84. The number of fused-ring (bicyclic) bond motifs is 1. The van der Waals surface area contributed by atoms with E-state index in [2.05, 4.69) is 0 Å². The van der Waals surface area contributed by atoms with Crippen molar-refractivity contribution in [2.75, 3.05) is 0 Å². The molecule has 0 heterocycles. The van der Waals surface area contributed by atoms with Crippen molar-refractivity contribution >= 4 is 0 Å². The molecule has 104 valence electrons. The minimum Gasteiger partial charge on any atom is -0.207 e. The molecule has 4 heteroatoms. The lowest BCUT2D eigenvalue weighted by molar-refractivity contribution is -0.137. The van der Waals surface area contributed by atoms with E-state index in [0.717, 1.165) is 29.2 Å². The molecule has 0 saturated heterocycles. The maximum atomic E-state index is 12.9. The number of hydrogen-bond donors (Lipinski definition) is 0. The van der Waals surface area contributed by atoms with Crippen molar-refractivity contribution in [1.82, 2.24) is 0 Å². The van der Waals surface area contributed by atoms with Gasteiger partial charge in [0, 0.05) is 5.92 Å². The molecule has 0 amide bonds. The first-order chi connectivity index (χ1) is 9.45. The molecule has 2 aromatic rings. The molecule has 20 heavy (non-hydrogen) atoms. The highest BCUT2D eigenvalue weighted by molar-refractivity contribution is 5.44. The first-order valence-electron chi connectivity index (χ1n) is 6.40. The zero-order valence-corrected chi connectivity index (χ0v) is 10.5. The summed E-state index contributed by atoms with van der Waals surface area (Å²) < 4.78 is 51.0. The zero-order chi connectivity index (χ0) is 14.3. The van der Waals surface area contributed by atoms with Crippen LogP contribution >= 0.6 is 0 Å². The van der Waals surface area contributed by atoms with Crippen LogP contribution in [0.4, 0.5) is 17.6 Å². The Morgan fingerprint density at radius 3 is 2.30 bits per heavy atom. The molecule has 0 unspecified atom stereocenters. The summed E-state index contributed by atoms with van der Waals surface area (Å²) in [5.74, 6) is -0.243. The van der Waals surface area contributed by atoms with Crippen LogP contribution in [-0.4, -0.2) is 0 Å². The second-order valence-electron chi connectivity index (χ2n) is 5.05. The van der Waals surface area contributed by atoms with Crippen LogP contribution in [0.5, 0.6) is 0 Å². The Morgan fingerprint density at radius 1 is 0.950 bits per heavy atom. The molecule has 1 aliphatic carbocycles. The third-order valence-corrected chi connectivity index (χ3v) is 3.82. The van der Waals surface area contributed by atoms with Crippen LogP contribution in [-0.2, 0) is 12.6 Å². The smallest absolute Gasteiger partial charge is 0.207 e. The van der Waals surface area contributed by atoms with Gasteiger partial charge in [-0.2, -0.15) is 13.2 Å². The molecule has 3 rings (SSSR count). The van der Waals surface area contributed by atoms with Crippen molar-refractivity contribution in [2.24, 2.45) is 0 Å². The third-order valence-electron chi connectivity index (χ3n) is 3.82. The van der Waals surface area contributed by atoms with E-state index in [1.807, 2.05) is 0 Å². The molecule has 1 atom stereocenters. The van der Waals surface area contributed by atoms with Gasteiger partial charge in [-0.1, -0.05) is 18.2 Å². The van der Waals surface area contributed by atoms with E-state index in [1.165, 1.54) is 18.2 Å². The van der Waals surface area contributed by atoms with Gasteiger partial charge in [-0.15, -0.1) is 0 Å². The van der Waals surface area contributed by atoms with Crippen LogP contribution < -0.4 is 0 Å². The molecule has 0 nitrogen and oxygen atoms in total. The maximum Gasteiger partial charge on any atom is 0.416 e. The molecule has 0 radical (unpaired) electrons. The van der Waals surface area contributed by atoms with Crippen LogP contribution in [0.2, 0.25) is 0 Å². The number of rotatable bonds is 1. The molecule has 0 spiro atoms. The van der Waals surface area contributed by atoms with Crippen LogP contribution in [0.3, 0.4) is 0 Å². The SMILES string of the molecule is Fc1ccc([C@@H]2CCc3cc(C(F)(F)F)ccc32)cc1. The largest absolute Gasteiger partial charge is 0.416 e. The Kier molecular flexibility index (Phi) is 3.04. The van der Waals surface area contributed by atoms with Crippen LogP contribution in [0.1, 0.15) is 34.6 Å². The Balaban J connectivity index is 1.97. The van der Waals surface area contributed by atoms with E-state index in [0.29, 0.717) is 6.42 Å². The zero-order valence-electron chi connectivity index (χ0n) is 10.5. The van der Waals surface area contributed by atoms with Gasteiger partial charge >= 0.3 is 6.18 Å². The van der Waals surface area contributed by atoms with E-state index >= 15 is 0 Å². The number of benzene rings is 2. The minimum absolute atomic E-state index is 0.0629. The van der Waals surface area contributed by atoms with E-state index < -0.39 is 11.7 Å². The van der Waals surface area contributed by atoms with Gasteiger partial charge in [0.1, 0.15) is 5.82 Å². The molecule has 2 aromatic carbocycles. The quantitative estimate of drug-likeness (QED) is 0.650. The molecule has 0 N–H and O–H groups in total. The Morgan fingerprint density at radius 2 is 1.65 bits per heavy atom. The Bertz CT molecular complexity index is 626. The Hall–Kier alpha value is -1.84.